The number of aryl methyl sites for hydroxylation is 1. The van der Waals surface area contributed by atoms with Crippen LogP contribution in [-0.2, 0) is 0 Å². The summed E-state index contributed by atoms with van der Waals surface area (Å²) >= 11 is 0. The van der Waals surface area contributed by atoms with Gasteiger partial charge in [0.2, 0.25) is 0 Å². The van der Waals surface area contributed by atoms with Crippen LogP contribution in [0.1, 0.15) is 49.2 Å². The summed E-state index contributed by atoms with van der Waals surface area (Å²) in [5.41, 5.74) is -0.440. The molecule has 0 aliphatic carbocycles. The van der Waals surface area contributed by atoms with Gasteiger partial charge in [0.05, 0.1) is 0 Å². The maximum atomic E-state index is 12.7. The monoisotopic (exact) mass is 314 g/mol. The highest BCUT2D eigenvalue weighted by atomic mass is 16.2. The highest BCUT2D eigenvalue weighted by Crippen LogP contribution is 2.14. The Bertz CT molecular complexity index is 816. The molecule has 1 heterocycles. The number of carbonyl (C=O) groups is 1. The summed E-state index contributed by atoms with van der Waals surface area (Å²) in [5, 5.41) is 0. The summed E-state index contributed by atoms with van der Waals surface area (Å²) in [5.74, 6) is -0.183. The van der Waals surface area contributed by atoms with E-state index in [9.17, 15) is 14.4 Å². The Morgan fingerprint density at radius 1 is 1.09 bits per heavy atom. The largest absolute Gasteiger partial charge is 0.338 e. The molecule has 0 aliphatic heterocycles. The third-order valence-electron chi connectivity index (χ3n) is 3.80. The molecule has 0 radical (unpaired) electrons. The van der Waals surface area contributed by atoms with Gasteiger partial charge in [0.25, 0.3) is 11.5 Å². The highest BCUT2D eigenvalue weighted by molar-refractivity contribution is 5.95. The third kappa shape index (κ3) is 3.50. The van der Waals surface area contributed by atoms with Crippen molar-refractivity contribution >= 4 is 5.91 Å². The zero-order valence-corrected chi connectivity index (χ0v) is 13.9. The van der Waals surface area contributed by atoms with Crippen LogP contribution in [0.25, 0.3) is 0 Å². The Labute approximate surface area is 135 Å². The standard InChI is InChI=1S/C18H22N2O3/c1-12(2)10-14(4)19-11-13(3)16(21)20(18(19)23)17(22)15-8-6-5-7-9-15/h5-9,11-12,14H,10H2,1-4H3. The van der Waals surface area contributed by atoms with Gasteiger partial charge in [0, 0.05) is 23.4 Å². The normalized spacial score (nSPS) is 12.4. The second-order valence-corrected chi connectivity index (χ2v) is 6.29. The molecule has 2 aromatic rings. The minimum Gasteiger partial charge on any atom is -0.297 e. The second kappa shape index (κ2) is 6.77. The lowest BCUT2D eigenvalue weighted by atomic mass is 10.1. The molecule has 0 fully saturated rings. The molecule has 0 aliphatic rings. The number of hydrogen-bond acceptors (Lipinski definition) is 3. The van der Waals surface area contributed by atoms with Gasteiger partial charge in [-0.05, 0) is 38.3 Å². The molecule has 23 heavy (non-hydrogen) atoms. The number of aromatic nitrogens is 2. The Morgan fingerprint density at radius 2 is 1.70 bits per heavy atom. The molecule has 5 nitrogen and oxygen atoms in total. The summed E-state index contributed by atoms with van der Waals surface area (Å²) < 4.78 is 2.22. The molecule has 0 amide bonds. The molecule has 0 bridgehead atoms. The summed E-state index contributed by atoms with van der Waals surface area (Å²) in [4.78, 5) is 37.6. The van der Waals surface area contributed by atoms with Crippen LogP contribution < -0.4 is 11.2 Å². The maximum absolute atomic E-state index is 12.7. The lowest BCUT2D eigenvalue weighted by Crippen LogP contribution is -2.45. The molecular weight excluding hydrogens is 292 g/mol. The second-order valence-electron chi connectivity index (χ2n) is 6.29. The average molecular weight is 314 g/mol. The Hall–Kier alpha value is -2.43. The fourth-order valence-electron chi connectivity index (χ4n) is 2.70. The Morgan fingerprint density at radius 3 is 2.26 bits per heavy atom. The van der Waals surface area contributed by atoms with Gasteiger partial charge in [-0.15, -0.1) is 0 Å². The zero-order chi connectivity index (χ0) is 17.1. The fourth-order valence-corrected chi connectivity index (χ4v) is 2.70. The molecule has 122 valence electrons. The zero-order valence-electron chi connectivity index (χ0n) is 13.9. The van der Waals surface area contributed by atoms with Crippen LogP contribution in [0.3, 0.4) is 0 Å². The van der Waals surface area contributed by atoms with Crippen molar-refractivity contribution in [2.24, 2.45) is 5.92 Å². The number of carbonyl (C=O) groups excluding carboxylic acids is 1. The van der Waals surface area contributed by atoms with Gasteiger partial charge in [-0.3, -0.25) is 14.2 Å². The molecule has 2 rings (SSSR count). The number of rotatable bonds is 4. The average Bonchev–Trinajstić information content (AvgIpc) is 2.51. The van der Waals surface area contributed by atoms with E-state index in [2.05, 4.69) is 13.8 Å². The Kier molecular flexibility index (Phi) is 4.98. The van der Waals surface area contributed by atoms with Crippen LogP contribution in [0.2, 0.25) is 0 Å². The van der Waals surface area contributed by atoms with Crippen molar-refractivity contribution in [2.45, 2.75) is 40.2 Å². The van der Waals surface area contributed by atoms with E-state index >= 15 is 0 Å². The lowest BCUT2D eigenvalue weighted by Gasteiger charge is -2.19. The van der Waals surface area contributed by atoms with Gasteiger partial charge in [0.1, 0.15) is 0 Å². The summed E-state index contributed by atoms with van der Waals surface area (Å²) in [6, 6.07) is 8.29. The molecule has 1 unspecified atom stereocenters. The van der Waals surface area contributed by atoms with Crippen LogP contribution >= 0.6 is 0 Å². The van der Waals surface area contributed by atoms with Crippen molar-refractivity contribution < 1.29 is 4.79 Å². The summed E-state index contributed by atoms with van der Waals surface area (Å²) in [6.07, 6.45) is 2.34. The van der Waals surface area contributed by atoms with Gasteiger partial charge in [-0.2, -0.15) is 4.57 Å². The molecule has 0 spiro atoms. The minimum atomic E-state index is -0.588. The fraction of sp³-hybridized carbons (Fsp3) is 0.389. The van der Waals surface area contributed by atoms with Crippen molar-refractivity contribution in [1.29, 1.82) is 0 Å². The Balaban J connectivity index is 2.60. The van der Waals surface area contributed by atoms with E-state index in [4.69, 9.17) is 0 Å². The van der Waals surface area contributed by atoms with Gasteiger partial charge >= 0.3 is 5.69 Å². The van der Waals surface area contributed by atoms with Crippen molar-refractivity contribution in [3.63, 3.8) is 0 Å². The smallest absolute Gasteiger partial charge is 0.297 e. The lowest BCUT2D eigenvalue weighted by molar-refractivity contribution is 0.0947. The van der Waals surface area contributed by atoms with Crippen molar-refractivity contribution in [3.8, 4) is 0 Å². The molecular formula is C18H22N2O3. The quantitative estimate of drug-likeness (QED) is 0.871. The molecule has 1 aromatic carbocycles. The summed E-state index contributed by atoms with van der Waals surface area (Å²) in [7, 11) is 0. The number of hydrogen-bond donors (Lipinski definition) is 0. The molecule has 5 heteroatoms. The molecule has 1 aromatic heterocycles. The van der Waals surface area contributed by atoms with E-state index in [1.807, 2.05) is 6.92 Å². The van der Waals surface area contributed by atoms with E-state index in [-0.39, 0.29) is 6.04 Å². The van der Waals surface area contributed by atoms with Crippen LogP contribution in [0.15, 0.2) is 46.1 Å². The van der Waals surface area contributed by atoms with Crippen molar-refractivity contribution in [3.05, 3.63) is 68.5 Å². The van der Waals surface area contributed by atoms with Gasteiger partial charge < -0.3 is 0 Å². The predicted molar refractivity (Wildman–Crippen MR) is 90.0 cm³/mol. The van der Waals surface area contributed by atoms with Crippen LogP contribution in [0.5, 0.6) is 0 Å². The first-order valence-electron chi connectivity index (χ1n) is 7.77. The summed E-state index contributed by atoms with van der Waals surface area (Å²) in [6.45, 7) is 7.68. The SMILES string of the molecule is Cc1cn(C(C)CC(C)C)c(=O)n(C(=O)c2ccccc2)c1=O. The minimum absolute atomic E-state index is 0.0865. The first kappa shape index (κ1) is 16.9. The van der Waals surface area contributed by atoms with E-state index in [0.717, 1.165) is 11.0 Å². The first-order chi connectivity index (χ1) is 10.8. The van der Waals surface area contributed by atoms with Crippen molar-refractivity contribution in [2.75, 3.05) is 0 Å². The topological polar surface area (TPSA) is 61.1 Å². The number of nitrogens with zero attached hydrogens (tertiary/aromatic N) is 2. The molecule has 0 saturated heterocycles. The molecule has 1 atom stereocenters. The van der Waals surface area contributed by atoms with Crippen molar-refractivity contribution in [1.82, 2.24) is 9.13 Å². The first-order valence-corrected chi connectivity index (χ1v) is 7.77. The third-order valence-corrected chi connectivity index (χ3v) is 3.80. The maximum Gasteiger partial charge on any atom is 0.338 e. The van der Waals surface area contributed by atoms with Crippen LogP contribution in [0.4, 0.5) is 0 Å². The molecule has 0 saturated carbocycles. The van der Waals surface area contributed by atoms with E-state index in [1.165, 1.54) is 4.57 Å². The van der Waals surface area contributed by atoms with Gasteiger partial charge in [-0.25, -0.2) is 4.79 Å². The van der Waals surface area contributed by atoms with Gasteiger partial charge in [0.15, 0.2) is 0 Å². The van der Waals surface area contributed by atoms with E-state index in [1.54, 1.807) is 43.5 Å². The number of benzene rings is 1. The highest BCUT2D eigenvalue weighted by Gasteiger charge is 2.19. The van der Waals surface area contributed by atoms with E-state index in [0.29, 0.717) is 17.0 Å². The van der Waals surface area contributed by atoms with Crippen LogP contribution in [-0.4, -0.2) is 15.0 Å². The van der Waals surface area contributed by atoms with E-state index < -0.39 is 17.2 Å². The van der Waals surface area contributed by atoms with Crippen LogP contribution in [0, 0.1) is 12.8 Å². The molecule has 0 N–H and O–H groups in total. The van der Waals surface area contributed by atoms with Gasteiger partial charge in [-0.1, -0.05) is 32.0 Å². The predicted octanol–water partition coefficient (Wildman–Crippen LogP) is 2.61.